The van der Waals surface area contributed by atoms with Gasteiger partial charge < -0.3 is 9.42 Å². The molecule has 5 rings (SSSR count). The molecule has 1 atom stereocenters. The van der Waals surface area contributed by atoms with Gasteiger partial charge in [0.25, 0.3) is 11.8 Å². The normalized spacial score (nSPS) is 21.5. The third-order valence-corrected chi connectivity index (χ3v) is 6.48. The summed E-state index contributed by atoms with van der Waals surface area (Å²) in [6.07, 6.45) is 6.96. The van der Waals surface area contributed by atoms with Gasteiger partial charge >= 0.3 is 0 Å². The Morgan fingerprint density at radius 2 is 2.06 bits per heavy atom. The summed E-state index contributed by atoms with van der Waals surface area (Å²) in [4.78, 5) is 19.9. The maximum Gasteiger partial charge on any atom is 0.257 e. The average Bonchev–Trinajstić information content (AvgIpc) is 3.29. The zero-order valence-corrected chi connectivity index (χ0v) is 17.8. The van der Waals surface area contributed by atoms with Crippen LogP contribution in [-0.4, -0.2) is 43.8 Å². The predicted octanol–water partition coefficient (Wildman–Crippen LogP) is 3.89. The lowest BCUT2D eigenvalue weighted by Gasteiger charge is -2.41. The van der Waals surface area contributed by atoms with Gasteiger partial charge in [0.1, 0.15) is 5.82 Å². The van der Waals surface area contributed by atoms with Crippen LogP contribution in [0.25, 0.3) is 11.5 Å². The van der Waals surface area contributed by atoms with Gasteiger partial charge in [-0.2, -0.15) is 10.1 Å². The van der Waals surface area contributed by atoms with E-state index >= 15 is 0 Å². The molecule has 0 bridgehead atoms. The van der Waals surface area contributed by atoms with Crippen LogP contribution in [-0.2, 0) is 12.5 Å². The fourth-order valence-corrected chi connectivity index (χ4v) is 4.75. The van der Waals surface area contributed by atoms with E-state index in [1.54, 1.807) is 23.0 Å². The number of rotatable bonds is 5. The maximum atomic E-state index is 13.3. The molecular weight excluding hydrogens is 397 g/mol. The number of benzene rings is 1. The number of hydrogen-bond acceptors (Lipinski definition) is 5. The smallest absolute Gasteiger partial charge is 0.257 e. The Bertz CT molecular complexity index is 1100. The summed E-state index contributed by atoms with van der Waals surface area (Å²) in [6.45, 7) is 3.14. The zero-order chi connectivity index (χ0) is 21.6. The predicted molar refractivity (Wildman–Crippen MR) is 112 cm³/mol. The van der Waals surface area contributed by atoms with Crippen LogP contribution in [0.15, 0.2) is 35.0 Å². The van der Waals surface area contributed by atoms with E-state index in [0.29, 0.717) is 41.8 Å². The molecule has 0 spiro atoms. The highest BCUT2D eigenvalue weighted by atomic mass is 19.1. The molecule has 1 aliphatic carbocycles. The largest absolute Gasteiger partial charge is 0.338 e. The molecule has 1 amide bonds. The van der Waals surface area contributed by atoms with Gasteiger partial charge in [-0.1, -0.05) is 18.0 Å². The van der Waals surface area contributed by atoms with Gasteiger partial charge in [0.2, 0.25) is 0 Å². The lowest BCUT2D eigenvalue weighted by molar-refractivity contribution is 0.0606. The highest BCUT2D eigenvalue weighted by Crippen LogP contribution is 2.46. The van der Waals surface area contributed by atoms with E-state index in [1.807, 2.05) is 18.9 Å². The fraction of sp³-hybridized carbons (Fsp3) is 0.478. The van der Waals surface area contributed by atoms with Gasteiger partial charge in [0.05, 0.1) is 16.7 Å². The Morgan fingerprint density at radius 3 is 2.74 bits per heavy atom. The number of aryl methyl sites for hydroxylation is 2. The highest BCUT2D eigenvalue weighted by Gasteiger charge is 2.46. The van der Waals surface area contributed by atoms with E-state index in [-0.39, 0.29) is 17.1 Å². The van der Waals surface area contributed by atoms with Crippen molar-refractivity contribution in [3.05, 3.63) is 53.4 Å². The number of carbonyl (C=O) groups is 1. The first kappa shape index (κ1) is 19.9. The van der Waals surface area contributed by atoms with Crippen molar-refractivity contribution in [2.45, 2.75) is 44.4 Å². The van der Waals surface area contributed by atoms with Gasteiger partial charge in [-0.3, -0.25) is 9.48 Å². The molecule has 1 unspecified atom stereocenters. The molecule has 3 heterocycles. The minimum atomic E-state index is -0.326. The number of hydrogen-bond donors (Lipinski definition) is 0. The van der Waals surface area contributed by atoms with Crippen molar-refractivity contribution in [3.8, 4) is 11.5 Å². The Labute approximate surface area is 180 Å². The number of carbonyl (C=O) groups excluding carboxylic acids is 1. The minimum absolute atomic E-state index is 0.00715. The van der Waals surface area contributed by atoms with Gasteiger partial charge in [-0.25, -0.2) is 4.39 Å². The summed E-state index contributed by atoms with van der Waals surface area (Å²) in [5.74, 6) is 1.38. The Morgan fingerprint density at radius 1 is 1.29 bits per heavy atom. The van der Waals surface area contributed by atoms with Crippen molar-refractivity contribution in [1.29, 1.82) is 0 Å². The minimum Gasteiger partial charge on any atom is -0.338 e. The van der Waals surface area contributed by atoms with Crippen molar-refractivity contribution in [2.75, 3.05) is 13.1 Å². The summed E-state index contributed by atoms with van der Waals surface area (Å²) in [6, 6.07) is 6.05. The standard InChI is InChI=1S/C23H26FN5O2/c1-15-19(13-28(2)26-15)21(30)29-11-3-10-23(14-29,12-16-4-5-16)22-25-20(31-27-22)17-6-8-18(24)9-7-17/h6-9,13,16H,3-5,10-12,14H2,1-2H3. The van der Waals surface area contributed by atoms with E-state index < -0.39 is 0 Å². The third-order valence-electron chi connectivity index (χ3n) is 6.48. The summed E-state index contributed by atoms with van der Waals surface area (Å²) in [5.41, 5.74) is 1.75. The lowest BCUT2D eigenvalue weighted by Crippen LogP contribution is -2.49. The molecule has 8 heteroatoms. The van der Waals surface area contributed by atoms with Crippen LogP contribution in [0.5, 0.6) is 0 Å². The molecule has 1 aliphatic heterocycles. The second kappa shape index (κ2) is 7.59. The second-order valence-electron chi connectivity index (χ2n) is 8.99. The van der Waals surface area contributed by atoms with Gasteiger partial charge in [0, 0.05) is 31.9 Å². The molecule has 1 saturated heterocycles. The first-order chi connectivity index (χ1) is 14.9. The second-order valence-corrected chi connectivity index (χ2v) is 8.99. The SMILES string of the molecule is Cc1nn(C)cc1C(=O)N1CCCC(CC2CC2)(c2noc(-c3ccc(F)cc3)n2)C1. The summed E-state index contributed by atoms with van der Waals surface area (Å²) in [5, 5.41) is 8.67. The van der Waals surface area contributed by atoms with E-state index in [4.69, 9.17) is 9.51 Å². The molecule has 31 heavy (non-hydrogen) atoms. The summed E-state index contributed by atoms with van der Waals surface area (Å²) >= 11 is 0. The number of amides is 1. The van der Waals surface area contributed by atoms with Gasteiger partial charge in [0.15, 0.2) is 5.82 Å². The van der Waals surface area contributed by atoms with Crippen molar-refractivity contribution < 1.29 is 13.7 Å². The monoisotopic (exact) mass is 423 g/mol. The topological polar surface area (TPSA) is 77.0 Å². The van der Waals surface area contributed by atoms with Gasteiger partial charge in [-0.05, 0) is 56.4 Å². The van der Waals surface area contributed by atoms with Crippen LogP contribution in [0.3, 0.4) is 0 Å². The molecule has 0 radical (unpaired) electrons. The molecule has 162 valence electrons. The van der Waals surface area contributed by atoms with Crippen LogP contribution >= 0.6 is 0 Å². The van der Waals surface area contributed by atoms with Crippen LogP contribution in [0.1, 0.15) is 54.0 Å². The van der Waals surface area contributed by atoms with Crippen LogP contribution in [0.4, 0.5) is 4.39 Å². The van der Waals surface area contributed by atoms with Crippen molar-refractivity contribution in [3.63, 3.8) is 0 Å². The number of nitrogens with zero attached hydrogens (tertiary/aromatic N) is 5. The fourth-order valence-electron chi connectivity index (χ4n) is 4.75. The number of halogens is 1. The number of aromatic nitrogens is 4. The number of likely N-dealkylation sites (tertiary alicyclic amines) is 1. The van der Waals surface area contributed by atoms with E-state index in [2.05, 4.69) is 10.3 Å². The Kier molecular flexibility index (Phi) is 4.87. The zero-order valence-electron chi connectivity index (χ0n) is 17.8. The van der Waals surface area contributed by atoms with E-state index in [9.17, 15) is 9.18 Å². The van der Waals surface area contributed by atoms with E-state index in [1.165, 1.54) is 25.0 Å². The molecule has 2 aromatic heterocycles. The first-order valence-corrected chi connectivity index (χ1v) is 10.8. The van der Waals surface area contributed by atoms with Crippen molar-refractivity contribution >= 4 is 5.91 Å². The first-order valence-electron chi connectivity index (χ1n) is 10.8. The molecule has 1 aromatic carbocycles. The molecule has 2 fully saturated rings. The summed E-state index contributed by atoms with van der Waals surface area (Å²) in [7, 11) is 1.83. The van der Waals surface area contributed by atoms with E-state index in [0.717, 1.165) is 25.0 Å². The quantitative estimate of drug-likeness (QED) is 0.622. The van der Waals surface area contributed by atoms with Crippen LogP contribution < -0.4 is 0 Å². The molecule has 7 nitrogen and oxygen atoms in total. The van der Waals surface area contributed by atoms with Crippen molar-refractivity contribution in [1.82, 2.24) is 24.8 Å². The number of piperidine rings is 1. The molecule has 2 aliphatic rings. The Balaban J connectivity index is 1.45. The van der Waals surface area contributed by atoms with Crippen LogP contribution in [0.2, 0.25) is 0 Å². The molecule has 0 N–H and O–H groups in total. The van der Waals surface area contributed by atoms with Gasteiger partial charge in [-0.15, -0.1) is 0 Å². The van der Waals surface area contributed by atoms with Crippen LogP contribution in [0, 0.1) is 18.7 Å². The third kappa shape index (κ3) is 3.86. The molecule has 1 saturated carbocycles. The lowest BCUT2D eigenvalue weighted by atomic mass is 9.74. The Hall–Kier alpha value is -3.03. The summed E-state index contributed by atoms with van der Waals surface area (Å²) < 4.78 is 20.5. The van der Waals surface area contributed by atoms with Crippen molar-refractivity contribution in [2.24, 2.45) is 13.0 Å². The average molecular weight is 423 g/mol. The molecule has 3 aromatic rings. The highest BCUT2D eigenvalue weighted by molar-refractivity contribution is 5.95. The molecular formula is C23H26FN5O2. The maximum absolute atomic E-state index is 13.3.